The zero-order valence-corrected chi connectivity index (χ0v) is 17.5. The molecule has 4 rings (SSSR count). The number of hydrogen-bond donors (Lipinski definition) is 0. The first-order chi connectivity index (χ1) is 12.4. The summed E-state index contributed by atoms with van der Waals surface area (Å²) in [6.07, 6.45) is 0.746. The van der Waals surface area contributed by atoms with Crippen LogP contribution < -0.4 is 4.74 Å². The molecule has 0 fully saturated rings. The standard InChI is InChI=1S/C19H19IN2O3S/c1-21(2)13-11-15-18-16(9-6-10-17(18)25-12-13)22(19(15)20)26(23,24)14-7-4-3-5-8-14/h3-10,13H,11-12H2,1-2H3. The molecule has 1 aliphatic heterocycles. The normalized spacial score (nSPS) is 17.3. The molecule has 0 spiro atoms. The lowest BCUT2D eigenvalue weighted by atomic mass is 10.1. The van der Waals surface area contributed by atoms with Gasteiger partial charge in [-0.3, -0.25) is 0 Å². The van der Waals surface area contributed by atoms with Gasteiger partial charge in [0.2, 0.25) is 0 Å². The van der Waals surface area contributed by atoms with Crippen LogP contribution in [0.15, 0.2) is 53.4 Å². The lowest BCUT2D eigenvalue weighted by Gasteiger charge is -2.22. The molecule has 1 atom stereocenters. The van der Waals surface area contributed by atoms with Crippen molar-refractivity contribution >= 4 is 43.5 Å². The number of aromatic nitrogens is 1. The summed E-state index contributed by atoms with van der Waals surface area (Å²) in [6.45, 7) is 0.586. The van der Waals surface area contributed by atoms with Crippen LogP contribution >= 0.6 is 22.6 Å². The van der Waals surface area contributed by atoms with Gasteiger partial charge in [-0.15, -0.1) is 0 Å². The fraction of sp³-hybridized carbons (Fsp3) is 0.263. The number of benzene rings is 2. The Hall–Kier alpha value is -1.58. The van der Waals surface area contributed by atoms with Crippen LogP contribution in [0.5, 0.6) is 5.75 Å². The lowest BCUT2D eigenvalue weighted by Crippen LogP contribution is -2.35. The smallest absolute Gasteiger partial charge is 0.269 e. The summed E-state index contributed by atoms with van der Waals surface area (Å²) < 4.78 is 34.9. The third kappa shape index (κ3) is 2.73. The summed E-state index contributed by atoms with van der Waals surface area (Å²) >= 11 is 2.16. The van der Waals surface area contributed by atoms with E-state index in [1.54, 1.807) is 24.3 Å². The summed E-state index contributed by atoms with van der Waals surface area (Å²) in [5.41, 5.74) is 1.71. The molecule has 26 heavy (non-hydrogen) atoms. The number of likely N-dealkylation sites (N-methyl/N-ethyl adjacent to an activating group) is 1. The number of halogens is 1. The fourth-order valence-electron chi connectivity index (χ4n) is 3.38. The van der Waals surface area contributed by atoms with Crippen LogP contribution in [-0.2, 0) is 16.4 Å². The van der Waals surface area contributed by atoms with Crippen LogP contribution in [-0.4, -0.2) is 44.0 Å². The second kappa shape index (κ2) is 6.54. The van der Waals surface area contributed by atoms with Gasteiger partial charge in [-0.05, 0) is 72.9 Å². The van der Waals surface area contributed by atoms with Gasteiger partial charge in [-0.1, -0.05) is 24.3 Å². The number of hydrogen-bond acceptors (Lipinski definition) is 4. The molecule has 0 bridgehead atoms. The zero-order chi connectivity index (χ0) is 18.5. The molecular weight excluding hydrogens is 463 g/mol. The average molecular weight is 482 g/mol. The Morgan fingerprint density at radius 2 is 1.85 bits per heavy atom. The predicted molar refractivity (Wildman–Crippen MR) is 110 cm³/mol. The van der Waals surface area contributed by atoms with Crippen LogP contribution in [0.4, 0.5) is 0 Å². The highest BCUT2D eigenvalue weighted by Gasteiger charge is 2.31. The van der Waals surface area contributed by atoms with E-state index in [4.69, 9.17) is 4.74 Å². The minimum Gasteiger partial charge on any atom is -0.491 e. The summed E-state index contributed by atoms with van der Waals surface area (Å²) in [4.78, 5) is 2.41. The van der Waals surface area contributed by atoms with E-state index in [1.165, 1.54) is 3.97 Å². The van der Waals surface area contributed by atoms with Crippen molar-refractivity contribution in [2.45, 2.75) is 17.4 Å². The molecule has 1 aromatic heterocycles. The molecule has 0 saturated heterocycles. The molecule has 3 aromatic rings. The van der Waals surface area contributed by atoms with Gasteiger partial charge in [0, 0.05) is 11.4 Å². The Morgan fingerprint density at radius 1 is 1.12 bits per heavy atom. The average Bonchev–Trinajstić information content (AvgIpc) is 2.79. The first-order valence-electron chi connectivity index (χ1n) is 8.33. The molecule has 5 nitrogen and oxygen atoms in total. The molecule has 0 radical (unpaired) electrons. The van der Waals surface area contributed by atoms with Crippen molar-refractivity contribution < 1.29 is 13.2 Å². The highest BCUT2D eigenvalue weighted by Crippen LogP contribution is 2.39. The van der Waals surface area contributed by atoms with Crippen molar-refractivity contribution in [1.82, 2.24) is 8.87 Å². The van der Waals surface area contributed by atoms with E-state index < -0.39 is 10.0 Å². The molecule has 1 aliphatic rings. The molecule has 0 amide bonds. The Kier molecular flexibility index (Phi) is 4.48. The monoisotopic (exact) mass is 482 g/mol. The molecule has 1 unspecified atom stereocenters. The van der Waals surface area contributed by atoms with E-state index in [0.717, 1.165) is 26.8 Å². The highest BCUT2D eigenvalue weighted by molar-refractivity contribution is 14.1. The quantitative estimate of drug-likeness (QED) is 0.538. The van der Waals surface area contributed by atoms with Crippen molar-refractivity contribution in [2.75, 3.05) is 20.7 Å². The molecule has 7 heteroatoms. The first kappa shape index (κ1) is 17.8. The molecular formula is C19H19IN2O3S. The number of nitrogens with zero attached hydrogens (tertiary/aromatic N) is 2. The summed E-state index contributed by atoms with van der Waals surface area (Å²) in [5, 5.41) is 0.903. The molecule has 136 valence electrons. The van der Waals surface area contributed by atoms with E-state index in [-0.39, 0.29) is 10.9 Å². The van der Waals surface area contributed by atoms with E-state index in [1.807, 2.05) is 38.4 Å². The first-order valence-corrected chi connectivity index (χ1v) is 10.8. The van der Waals surface area contributed by atoms with Crippen molar-refractivity contribution in [3.05, 3.63) is 57.8 Å². The minimum atomic E-state index is -3.68. The van der Waals surface area contributed by atoms with Crippen molar-refractivity contribution in [1.29, 1.82) is 0 Å². The Bertz CT molecular complexity index is 1080. The zero-order valence-electron chi connectivity index (χ0n) is 14.5. The van der Waals surface area contributed by atoms with Crippen LogP contribution in [0.3, 0.4) is 0 Å². The minimum absolute atomic E-state index is 0.189. The van der Waals surface area contributed by atoms with Crippen molar-refractivity contribution in [3.63, 3.8) is 0 Å². The molecule has 2 aromatic carbocycles. The second-order valence-corrected chi connectivity index (χ2v) is 9.44. The van der Waals surface area contributed by atoms with Gasteiger partial charge in [-0.2, -0.15) is 0 Å². The number of rotatable bonds is 3. The maximum Gasteiger partial charge on any atom is 0.269 e. The van der Waals surface area contributed by atoms with Gasteiger partial charge in [0.1, 0.15) is 12.4 Å². The Morgan fingerprint density at radius 3 is 2.54 bits per heavy atom. The van der Waals surface area contributed by atoms with E-state index in [0.29, 0.717) is 12.1 Å². The maximum absolute atomic E-state index is 13.3. The van der Waals surface area contributed by atoms with Gasteiger partial charge in [0.25, 0.3) is 10.0 Å². The number of ether oxygens (including phenoxy) is 1. The second-order valence-electron chi connectivity index (χ2n) is 6.63. The van der Waals surface area contributed by atoms with Gasteiger partial charge < -0.3 is 9.64 Å². The third-order valence-electron chi connectivity index (χ3n) is 4.83. The van der Waals surface area contributed by atoms with Gasteiger partial charge in [0.05, 0.1) is 14.1 Å². The van der Waals surface area contributed by atoms with Crippen molar-refractivity contribution in [2.24, 2.45) is 0 Å². The van der Waals surface area contributed by atoms with E-state index in [2.05, 4.69) is 27.5 Å². The van der Waals surface area contributed by atoms with Gasteiger partial charge in [-0.25, -0.2) is 12.4 Å². The fourth-order valence-corrected chi connectivity index (χ4v) is 6.35. The Balaban J connectivity index is 2.01. The molecule has 0 N–H and O–H groups in total. The highest BCUT2D eigenvalue weighted by atomic mass is 127. The van der Waals surface area contributed by atoms with Crippen molar-refractivity contribution in [3.8, 4) is 5.75 Å². The Labute approximate surface area is 166 Å². The van der Waals surface area contributed by atoms with Crippen LogP contribution in [0.25, 0.3) is 10.9 Å². The summed E-state index contributed by atoms with van der Waals surface area (Å²) in [7, 11) is 0.355. The predicted octanol–water partition coefficient (Wildman–Crippen LogP) is 3.35. The van der Waals surface area contributed by atoms with E-state index >= 15 is 0 Å². The van der Waals surface area contributed by atoms with Crippen LogP contribution in [0.1, 0.15) is 5.56 Å². The van der Waals surface area contributed by atoms with Gasteiger partial charge in [0.15, 0.2) is 0 Å². The van der Waals surface area contributed by atoms with Crippen LogP contribution in [0, 0.1) is 3.70 Å². The summed E-state index contributed by atoms with van der Waals surface area (Å²) in [5.74, 6) is 0.752. The third-order valence-corrected chi connectivity index (χ3v) is 8.02. The topological polar surface area (TPSA) is 51.5 Å². The summed E-state index contributed by atoms with van der Waals surface area (Å²) in [6, 6.07) is 14.4. The molecule has 0 saturated carbocycles. The van der Waals surface area contributed by atoms with E-state index in [9.17, 15) is 8.42 Å². The molecule has 0 aliphatic carbocycles. The molecule has 2 heterocycles. The maximum atomic E-state index is 13.3. The lowest BCUT2D eigenvalue weighted by molar-refractivity contribution is 0.190. The van der Waals surface area contributed by atoms with Crippen LogP contribution in [0.2, 0.25) is 0 Å². The SMILES string of the molecule is CN(C)C1COc2cccc3c2c(c(I)n3S(=O)(=O)c2ccccc2)C1. The van der Waals surface area contributed by atoms with Gasteiger partial charge >= 0.3 is 0 Å². The largest absolute Gasteiger partial charge is 0.491 e.